The largest absolute Gasteiger partial charge is 0.274 e. The van der Waals surface area contributed by atoms with Crippen molar-refractivity contribution in [3.8, 4) is 6.07 Å². The molecule has 2 unspecified atom stereocenters. The second kappa shape index (κ2) is 9.21. The molecule has 3 aromatic rings. The third-order valence-corrected chi connectivity index (χ3v) is 7.94. The molecule has 3 aromatic carbocycles. The van der Waals surface area contributed by atoms with Gasteiger partial charge >= 0.3 is 0 Å². The Morgan fingerprint density at radius 2 is 1.59 bits per heavy atom. The van der Waals surface area contributed by atoms with Crippen molar-refractivity contribution in [2.75, 3.05) is 4.90 Å². The molecule has 7 nitrogen and oxygen atoms in total. The van der Waals surface area contributed by atoms with E-state index in [-0.39, 0.29) is 11.3 Å². The number of amides is 2. The van der Waals surface area contributed by atoms with Crippen molar-refractivity contribution < 1.29 is 18.0 Å². The van der Waals surface area contributed by atoms with Gasteiger partial charge in [0.1, 0.15) is 6.04 Å². The highest BCUT2D eigenvalue weighted by Crippen LogP contribution is 2.35. The standard InChI is InChI=1S/C26H23N3O4S/c1-18-8-14-23(15-9-18)34(32,33)29(19(2)21-6-4-3-5-7-21)24-16-25(30)28(26(24)31)22-12-10-20(17-27)11-13-22/h3-15,19,24H,16H2,1-2H3. The SMILES string of the molecule is Cc1ccc(S(=O)(=O)N(C2CC(=O)N(c3ccc(C#N)cc3)C2=O)C(C)c2ccccc2)cc1. The molecule has 0 radical (unpaired) electrons. The molecule has 1 heterocycles. The van der Waals surface area contributed by atoms with Gasteiger partial charge in [-0.15, -0.1) is 0 Å². The van der Waals surface area contributed by atoms with Crippen LogP contribution >= 0.6 is 0 Å². The van der Waals surface area contributed by atoms with Gasteiger partial charge in [0.05, 0.1) is 28.6 Å². The molecule has 0 N–H and O–H groups in total. The first-order valence-corrected chi connectivity index (χ1v) is 12.2. The number of nitriles is 1. The highest BCUT2D eigenvalue weighted by molar-refractivity contribution is 7.89. The highest BCUT2D eigenvalue weighted by Gasteiger charge is 2.48. The van der Waals surface area contributed by atoms with Crippen molar-refractivity contribution >= 4 is 27.5 Å². The van der Waals surface area contributed by atoms with Gasteiger partial charge in [0.2, 0.25) is 15.9 Å². The molecule has 1 aliphatic rings. The third kappa shape index (κ3) is 4.23. The second-order valence-electron chi connectivity index (χ2n) is 8.18. The summed E-state index contributed by atoms with van der Waals surface area (Å²) in [5.74, 6) is -1.11. The van der Waals surface area contributed by atoms with Gasteiger partial charge in [-0.3, -0.25) is 9.59 Å². The zero-order valence-corrected chi connectivity index (χ0v) is 19.6. The summed E-state index contributed by atoms with van der Waals surface area (Å²) in [5, 5.41) is 9.03. The van der Waals surface area contributed by atoms with Gasteiger partial charge in [-0.2, -0.15) is 9.57 Å². The van der Waals surface area contributed by atoms with Gasteiger partial charge in [-0.25, -0.2) is 13.3 Å². The number of benzene rings is 3. The summed E-state index contributed by atoms with van der Waals surface area (Å²) in [6.07, 6.45) is -0.277. The van der Waals surface area contributed by atoms with Crippen LogP contribution in [0.15, 0.2) is 83.8 Å². The number of carbonyl (C=O) groups is 2. The van der Waals surface area contributed by atoms with Crippen molar-refractivity contribution in [2.45, 2.75) is 37.2 Å². The lowest BCUT2D eigenvalue weighted by molar-refractivity contribution is -0.122. The first-order valence-electron chi connectivity index (χ1n) is 10.8. The first kappa shape index (κ1) is 23.4. The molecule has 0 aromatic heterocycles. The molecule has 2 atom stereocenters. The average molecular weight is 474 g/mol. The number of hydrogen-bond donors (Lipinski definition) is 0. The van der Waals surface area contributed by atoms with E-state index in [1.807, 2.05) is 19.1 Å². The molecule has 0 spiro atoms. The number of sulfonamides is 1. The van der Waals surface area contributed by atoms with Crippen LogP contribution in [0.25, 0.3) is 0 Å². The topological polar surface area (TPSA) is 98.6 Å². The van der Waals surface area contributed by atoms with E-state index in [2.05, 4.69) is 0 Å². The lowest BCUT2D eigenvalue weighted by Gasteiger charge is -2.32. The fraction of sp³-hybridized carbons (Fsp3) is 0.192. The molecule has 4 rings (SSSR count). The molecule has 34 heavy (non-hydrogen) atoms. The van der Waals surface area contributed by atoms with Crippen LogP contribution in [-0.2, 0) is 19.6 Å². The number of rotatable bonds is 6. The number of hydrogen-bond acceptors (Lipinski definition) is 5. The Kier molecular flexibility index (Phi) is 6.33. The van der Waals surface area contributed by atoms with Gasteiger partial charge in [-0.1, -0.05) is 48.0 Å². The molecular formula is C26H23N3O4S. The van der Waals surface area contributed by atoms with Crippen LogP contribution in [0.4, 0.5) is 5.69 Å². The van der Waals surface area contributed by atoms with Crippen LogP contribution in [0.5, 0.6) is 0 Å². The number of anilines is 1. The van der Waals surface area contributed by atoms with Crippen LogP contribution in [-0.4, -0.2) is 30.6 Å². The summed E-state index contributed by atoms with van der Waals surface area (Å²) in [4.78, 5) is 27.5. The zero-order valence-electron chi connectivity index (χ0n) is 18.8. The van der Waals surface area contributed by atoms with Gasteiger partial charge < -0.3 is 0 Å². The second-order valence-corrected chi connectivity index (χ2v) is 10.0. The van der Waals surface area contributed by atoms with E-state index in [9.17, 15) is 18.0 Å². The number of aryl methyl sites for hydroxylation is 1. The molecule has 0 aliphatic carbocycles. The van der Waals surface area contributed by atoms with Crippen molar-refractivity contribution in [2.24, 2.45) is 0 Å². The van der Waals surface area contributed by atoms with Gasteiger partial charge in [0, 0.05) is 6.04 Å². The van der Waals surface area contributed by atoms with Crippen LogP contribution in [0.2, 0.25) is 0 Å². The van der Waals surface area contributed by atoms with Gasteiger partial charge in [0.15, 0.2) is 0 Å². The van der Waals surface area contributed by atoms with Crippen molar-refractivity contribution in [1.82, 2.24) is 4.31 Å². The van der Waals surface area contributed by atoms with E-state index in [0.29, 0.717) is 16.8 Å². The van der Waals surface area contributed by atoms with Gasteiger partial charge in [0.25, 0.3) is 5.91 Å². The minimum Gasteiger partial charge on any atom is -0.274 e. The Balaban J connectivity index is 1.78. The van der Waals surface area contributed by atoms with Crippen LogP contribution in [0, 0.1) is 18.3 Å². The maximum Gasteiger partial charge on any atom is 0.252 e. The Hall–Kier alpha value is -3.80. The molecule has 172 valence electrons. The van der Waals surface area contributed by atoms with Gasteiger partial charge in [-0.05, 0) is 55.8 Å². The fourth-order valence-corrected chi connectivity index (χ4v) is 5.89. The van der Waals surface area contributed by atoms with Crippen LogP contribution in [0.3, 0.4) is 0 Å². The molecule has 2 amide bonds. The molecule has 0 bridgehead atoms. The smallest absolute Gasteiger partial charge is 0.252 e. The van der Waals surface area contributed by atoms with Crippen LogP contribution in [0.1, 0.15) is 36.1 Å². The summed E-state index contributed by atoms with van der Waals surface area (Å²) in [7, 11) is -4.13. The van der Waals surface area contributed by atoms with E-state index in [4.69, 9.17) is 5.26 Å². The predicted molar refractivity (Wildman–Crippen MR) is 127 cm³/mol. The molecule has 1 aliphatic heterocycles. The maximum absolute atomic E-state index is 13.8. The minimum absolute atomic E-state index is 0.0537. The molecule has 1 fully saturated rings. The van der Waals surface area contributed by atoms with E-state index >= 15 is 0 Å². The molecule has 0 saturated carbocycles. The summed E-state index contributed by atoms with van der Waals surface area (Å²) in [5.41, 5.74) is 2.30. The molecule has 1 saturated heterocycles. The van der Waals surface area contributed by atoms with E-state index in [0.717, 1.165) is 14.8 Å². The quantitative estimate of drug-likeness (QED) is 0.505. The Labute approximate surface area is 198 Å². The maximum atomic E-state index is 13.8. The zero-order chi connectivity index (χ0) is 24.5. The normalized spacial score (nSPS) is 17.1. The summed E-state index contributed by atoms with van der Waals surface area (Å²) in [6, 6.07) is 21.6. The first-order chi connectivity index (χ1) is 16.2. The fourth-order valence-electron chi connectivity index (χ4n) is 4.13. The molecule has 8 heteroatoms. The average Bonchev–Trinajstić information content (AvgIpc) is 3.13. The minimum atomic E-state index is -4.13. The Bertz CT molecular complexity index is 1360. The Morgan fingerprint density at radius 1 is 0.971 bits per heavy atom. The number of imide groups is 1. The highest BCUT2D eigenvalue weighted by atomic mass is 32.2. The molecular weight excluding hydrogens is 450 g/mol. The van der Waals surface area contributed by atoms with E-state index in [1.54, 1.807) is 43.3 Å². The van der Waals surface area contributed by atoms with Crippen molar-refractivity contribution in [3.05, 3.63) is 95.6 Å². The van der Waals surface area contributed by atoms with E-state index in [1.165, 1.54) is 36.4 Å². The Morgan fingerprint density at radius 3 is 2.18 bits per heavy atom. The lowest BCUT2D eigenvalue weighted by atomic mass is 10.1. The van der Waals surface area contributed by atoms with Crippen molar-refractivity contribution in [3.63, 3.8) is 0 Å². The third-order valence-electron chi connectivity index (χ3n) is 5.94. The number of nitrogens with zero attached hydrogens (tertiary/aromatic N) is 3. The lowest BCUT2D eigenvalue weighted by Crippen LogP contribution is -2.46. The summed E-state index contributed by atoms with van der Waals surface area (Å²) < 4.78 is 28.8. The predicted octanol–water partition coefficient (Wildman–Crippen LogP) is 3.95. The summed E-state index contributed by atoms with van der Waals surface area (Å²) in [6.45, 7) is 3.57. The monoisotopic (exact) mass is 473 g/mol. The van der Waals surface area contributed by atoms with Crippen molar-refractivity contribution in [1.29, 1.82) is 5.26 Å². The van der Waals surface area contributed by atoms with Crippen LogP contribution < -0.4 is 4.90 Å². The van der Waals surface area contributed by atoms with E-state index < -0.39 is 33.9 Å². The number of carbonyl (C=O) groups excluding carboxylic acids is 2. The summed E-state index contributed by atoms with van der Waals surface area (Å²) >= 11 is 0.